The molecule has 22 heavy (non-hydrogen) atoms. The Morgan fingerprint density at radius 1 is 1.45 bits per heavy atom. The maximum Gasteiger partial charge on any atom is 0.243 e. The molecule has 1 aromatic rings. The van der Waals surface area contributed by atoms with E-state index in [-0.39, 0.29) is 23.5 Å². The molecule has 1 unspecified atom stereocenters. The SMILES string of the molecule is CC(C)C1C(=O)NCCN1C(=O)CCSc1ccccc1F. The van der Waals surface area contributed by atoms with Crippen LogP contribution in [0, 0.1) is 11.7 Å². The number of hydrogen-bond donors (Lipinski definition) is 1. The Kier molecular flexibility index (Phi) is 5.83. The molecule has 0 bridgehead atoms. The van der Waals surface area contributed by atoms with Gasteiger partial charge in [0, 0.05) is 30.2 Å². The maximum absolute atomic E-state index is 13.5. The molecule has 120 valence electrons. The van der Waals surface area contributed by atoms with Crippen LogP contribution in [0.25, 0.3) is 0 Å². The number of carbonyl (C=O) groups is 2. The van der Waals surface area contributed by atoms with Gasteiger partial charge < -0.3 is 10.2 Å². The van der Waals surface area contributed by atoms with E-state index in [0.29, 0.717) is 30.2 Å². The van der Waals surface area contributed by atoms with E-state index in [9.17, 15) is 14.0 Å². The van der Waals surface area contributed by atoms with Gasteiger partial charge in [0.05, 0.1) is 0 Å². The lowest BCUT2D eigenvalue weighted by atomic mass is 9.99. The first-order valence-corrected chi connectivity index (χ1v) is 8.43. The van der Waals surface area contributed by atoms with Crippen molar-refractivity contribution in [1.82, 2.24) is 10.2 Å². The van der Waals surface area contributed by atoms with Crippen molar-refractivity contribution in [3.8, 4) is 0 Å². The van der Waals surface area contributed by atoms with Gasteiger partial charge in [-0.25, -0.2) is 4.39 Å². The first-order chi connectivity index (χ1) is 10.5. The molecule has 1 fully saturated rings. The highest BCUT2D eigenvalue weighted by atomic mass is 32.2. The molecular formula is C16H21FN2O2S. The minimum atomic E-state index is -0.403. The van der Waals surface area contributed by atoms with Crippen molar-refractivity contribution in [2.45, 2.75) is 31.2 Å². The summed E-state index contributed by atoms with van der Waals surface area (Å²) in [5.74, 6) is 0.178. The van der Waals surface area contributed by atoms with E-state index >= 15 is 0 Å². The van der Waals surface area contributed by atoms with E-state index in [1.165, 1.54) is 17.8 Å². The Bertz CT molecular complexity index is 551. The third-order valence-corrected chi connectivity index (χ3v) is 4.67. The Morgan fingerprint density at radius 3 is 2.86 bits per heavy atom. The number of thioether (sulfide) groups is 1. The molecular weight excluding hydrogens is 303 g/mol. The van der Waals surface area contributed by atoms with E-state index in [0.717, 1.165) is 0 Å². The van der Waals surface area contributed by atoms with E-state index in [1.807, 2.05) is 13.8 Å². The van der Waals surface area contributed by atoms with Crippen LogP contribution in [-0.2, 0) is 9.59 Å². The van der Waals surface area contributed by atoms with Crippen molar-refractivity contribution in [3.05, 3.63) is 30.1 Å². The second kappa shape index (κ2) is 7.63. The molecule has 2 amide bonds. The number of carbonyl (C=O) groups excluding carboxylic acids is 2. The second-order valence-electron chi connectivity index (χ2n) is 5.60. The molecule has 6 heteroatoms. The van der Waals surface area contributed by atoms with Gasteiger partial charge in [-0.2, -0.15) is 0 Å². The molecule has 4 nitrogen and oxygen atoms in total. The van der Waals surface area contributed by atoms with Gasteiger partial charge in [0.1, 0.15) is 11.9 Å². The summed E-state index contributed by atoms with van der Waals surface area (Å²) in [6.45, 7) is 4.90. The van der Waals surface area contributed by atoms with Crippen molar-refractivity contribution in [1.29, 1.82) is 0 Å². The van der Waals surface area contributed by atoms with Gasteiger partial charge in [-0.1, -0.05) is 26.0 Å². The number of hydrogen-bond acceptors (Lipinski definition) is 3. The topological polar surface area (TPSA) is 49.4 Å². The van der Waals surface area contributed by atoms with Crippen molar-refractivity contribution in [2.75, 3.05) is 18.8 Å². The fraction of sp³-hybridized carbons (Fsp3) is 0.500. The Morgan fingerprint density at radius 2 is 2.18 bits per heavy atom. The predicted molar refractivity (Wildman–Crippen MR) is 85.1 cm³/mol. The van der Waals surface area contributed by atoms with Gasteiger partial charge in [0.25, 0.3) is 0 Å². The molecule has 0 saturated carbocycles. The van der Waals surface area contributed by atoms with E-state index < -0.39 is 6.04 Å². The standard InChI is InChI=1S/C16H21FN2O2S/c1-11(2)15-16(21)18-8-9-19(15)14(20)7-10-22-13-6-4-3-5-12(13)17/h3-6,11,15H,7-10H2,1-2H3,(H,18,21). The molecule has 1 heterocycles. The Balaban J connectivity index is 1.91. The van der Waals surface area contributed by atoms with E-state index in [1.54, 1.807) is 23.1 Å². The molecule has 0 aliphatic carbocycles. The summed E-state index contributed by atoms with van der Waals surface area (Å²) < 4.78 is 13.5. The smallest absolute Gasteiger partial charge is 0.243 e. The highest BCUT2D eigenvalue weighted by Gasteiger charge is 2.34. The van der Waals surface area contributed by atoms with E-state index in [4.69, 9.17) is 0 Å². The van der Waals surface area contributed by atoms with Crippen molar-refractivity contribution >= 4 is 23.6 Å². The van der Waals surface area contributed by atoms with Gasteiger partial charge >= 0.3 is 0 Å². The number of benzene rings is 1. The minimum absolute atomic E-state index is 0.0441. The van der Waals surface area contributed by atoms with Crippen LogP contribution in [0.1, 0.15) is 20.3 Å². The lowest BCUT2D eigenvalue weighted by Gasteiger charge is -2.37. The summed E-state index contributed by atoms with van der Waals surface area (Å²) in [5, 5.41) is 2.80. The van der Waals surface area contributed by atoms with Crippen molar-refractivity contribution in [2.24, 2.45) is 5.92 Å². The fourth-order valence-electron chi connectivity index (χ4n) is 2.58. The minimum Gasteiger partial charge on any atom is -0.353 e. The zero-order valence-electron chi connectivity index (χ0n) is 12.8. The summed E-state index contributed by atoms with van der Waals surface area (Å²) in [5.41, 5.74) is 0. The van der Waals surface area contributed by atoms with Gasteiger partial charge in [-0.3, -0.25) is 9.59 Å². The average Bonchev–Trinajstić information content (AvgIpc) is 2.48. The Labute approximate surface area is 134 Å². The monoisotopic (exact) mass is 324 g/mol. The highest BCUT2D eigenvalue weighted by Crippen LogP contribution is 2.23. The lowest BCUT2D eigenvalue weighted by molar-refractivity contribution is -0.144. The fourth-order valence-corrected chi connectivity index (χ4v) is 3.46. The van der Waals surface area contributed by atoms with Crippen LogP contribution in [0.5, 0.6) is 0 Å². The first kappa shape index (κ1) is 16.8. The number of halogens is 1. The van der Waals surface area contributed by atoms with Gasteiger partial charge in [-0.15, -0.1) is 11.8 Å². The van der Waals surface area contributed by atoms with Crippen LogP contribution in [0.2, 0.25) is 0 Å². The molecule has 1 aliphatic heterocycles. The quantitative estimate of drug-likeness (QED) is 0.846. The average molecular weight is 324 g/mol. The zero-order chi connectivity index (χ0) is 16.1. The number of piperazine rings is 1. The number of nitrogens with zero attached hydrogens (tertiary/aromatic N) is 1. The van der Waals surface area contributed by atoms with Crippen molar-refractivity contribution in [3.63, 3.8) is 0 Å². The van der Waals surface area contributed by atoms with Crippen LogP contribution in [0.15, 0.2) is 29.2 Å². The van der Waals surface area contributed by atoms with Gasteiger partial charge in [0.15, 0.2) is 0 Å². The van der Waals surface area contributed by atoms with Crippen LogP contribution < -0.4 is 5.32 Å². The third-order valence-electron chi connectivity index (χ3n) is 3.62. The molecule has 1 atom stereocenters. The number of amides is 2. The Hall–Kier alpha value is -1.56. The summed E-state index contributed by atoms with van der Waals surface area (Å²) in [7, 11) is 0. The number of nitrogens with one attached hydrogen (secondary N) is 1. The number of rotatable bonds is 5. The third kappa shape index (κ3) is 4.00. The van der Waals surface area contributed by atoms with Crippen LogP contribution in [-0.4, -0.2) is 41.6 Å². The predicted octanol–water partition coefficient (Wildman–Crippen LogP) is 2.29. The second-order valence-corrected chi connectivity index (χ2v) is 6.73. The van der Waals surface area contributed by atoms with Crippen molar-refractivity contribution < 1.29 is 14.0 Å². The molecule has 0 spiro atoms. The zero-order valence-corrected chi connectivity index (χ0v) is 13.7. The van der Waals surface area contributed by atoms with Gasteiger partial charge in [0.2, 0.25) is 11.8 Å². The maximum atomic E-state index is 13.5. The van der Waals surface area contributed by atoms with Crippen LogP contribution in [0.3, 0.4) is 0 Å². The lowest BCUT2D eigenvalue weighted by Crippen LogP contribution is -2.59. The molecule has 1 saturated heterocycles. The summed E-state index contributed by atoms with van der Waals surface area (Å²) in [4.78, 5) is 26.5. The van der Waals surface area contributed by atoms with Gasteiger partial charge in [-0.05, 0) is 18.1 Å². The van der Waals surface area contributed by atoms with Crippen LogP contribution >= 0.6 is 11.8 Å². The molecule has 0 radical (unpaired) electrons. The summed E-state index contributed by atoms with van der Waals surface area (Å²) >= 11 is 1.33. The molecule has 0 aromatic heterocycles. The molecule has 2 rings (SSSR count). The van der Waals surface area contributed by atoms with Crippen LogP contribution in [0.4, 0.5) is 4.39 Å². The first-order valence-electron chi connectivity index (χ1n) is 7.45. The summed E-state index contributed by atoms with van der Waals surface area (Å²) in [6.07, 6.45) is 0.301. The molecule has 1 N–H and O–H groups in total. The summed E-state index contributed by atoms with van der Waals surface area (Å²) in [6, 6.07) is 6.13. The van der Waals surface area contributed by atoms with E-state index in [2.05, 4.69) is 5.32 Å². The largest absolute Gasteiger partial charge is 0.353 e. The molecule has 1 aromatic carbocycles. The highest BCUT2D eigenvalue weighted by molar-refractivity contribution is 7.99. The normalized spacial score (nSPS) is 18.5. The molecule has 1 aliphatic rings.